The molecule has 4 rings (SSSR count). The zero-order valence-corrected chi connectivity index (χ0v) is 10.8. The Morgan fingerprint density at radius 2 is 1.53 bits per heavy atom. The molecule has 0 bridgehead atoms. The zero-order valence-electron chi connectivity index (χ0n) is 10.8. The second-order valence-corrected chi connectivity index (χ2v) is 5.57. The minimum Gasteiger partial charge on any atom is -0.266 e. The summed E-state index contributed by atoms with van der Waals surface area (Å²) in [6.45, 7) is 0. The standard InChI is InChI=1S/C17H17NO/c1-3-7-14(8-4-1)16-13-17(11-12-17)19-18(16)15-9-5-2-6-10-15/h1-10,16H,11-13H2. The van der Waals surface area contributed by atoms with Crippen molar-refractivity contribution in [2.75, 3.05) is 5.06 Å². The van der Waals surface area contributed by atoms with Gasteiger partial charge in [-0.05, 0) is 30.5 Å². The van der Waals surface area contributed by atoms with Crippen molar-refractivity contribution in [3.63, 3.8) is 0 Å². The largest absolute Gasteiger partial charge is 0.266 e. The van der Waals surface area contributed by atoms with E-state index in [-0.39, 0.29) is 5.60 Å². The number of hydrogen-bond acceptors (Lipinski definition) is 2. The number of para-hydroxylation sites is 1. The van der Waals surface area contributed by atoms with E-state index in [1.54, 1.807) is 0 Å². The monoisotopic (exact) mass is 251 g/mol. The quantitative estimate of drug-likeness (QED) is 0.796. The van der Waals surface area contributed by atoms with E-state index in [0.29, 0.717) is 6.04 Å². The van der Waals surface area contributed by atoms with Crippen LogP contribution in [-0.4, -0.2) is 5.60 Å². The molecule has 0 aromatic heterocycles. The van der Waals surface area contributed by atoms with Crippen molar-refractivity contribution in [1.82, 2.24) is 0 Å². The molecule has 2 heteroatoms. The Morgan fingerprint density at radius 1 is 0.895 bits per heavy atom. The molecule has 0 amide bonds. The predicted molar refractivity (Wildman–Crippen MR) is 75.8 cm³/mol. The fourth-order valence-corrected chi connectivity index (χ4v) is 2.92. The molecule has 2 nitrogen and oxygen atoms in total. The molecular weight excluding hydrogens is 234 g/mol. The minimum atomic E-state index is 0.121. The average Bonchev–Trinajstić information content (AvgIpc) is 3.12. The summed E-state index contributed by atoms with van der Waals surface area (Å²) in [5.41, 5.74) is 2.62. The highest BCUT2D eigenvalue weighted by molar-refractivity contribution is 5.48. The summed E-state index contributed by atoms with van der Waals surface area (Å²) >= 11 is 0. The highest BCUT2D eigenvalue weighted by Crippen LogP contribution is 2.55. The van der Waals surface area contributed by atoms with Crippen LogP contribution in [0.4, 0.5) is 5.69 Å². The first-order valence-electron chi connectivity index (χ1n) is 6.95. The Balaban J connectivity index is 1.72. The zero-order chi connectivity index (χ0) is 12.7. The van der Waals surface area contributed by atoms with Gasteiger partial charge in [-0.15, -0.1) is 0 Å². The molecule has 0 radical (unpaired) electrons. The van der Waals surface area contributed by atoms with Crippen molar-refractivity contribution in [2.45, 2.75) is 30.9 Å². The molecule has 19 heavy (non-hydrogen) atoms. The van der Waals surface area contributed by atoms with Gasteiger partial charge in [-0.3, -0.25) is 4.84 Å². The van der Waals surface area contributed by atoms with Crippen LogP contribution in [0, 0.1) is 0 Å². The van der Waals surface area contributed by atoms with E-state index in [9.17, 15) is 0 Å². The normalized spacial score (nSPS) is 23.8. The topological polar surface area (TPSA) is 12.5 Å². The van der Waals surface area contributed by atoms with Gasteiger partial charge in [0.05, 0.1) is 17.3 Å². The van der Waals surface area contributed by atoms with Gasteiger partial charge in [0.2, 0.25) is 0 Å². The highest BCUT2D eigenvalue weighted by Gasteiger charge is 2.54. The smallest absolute Gasteiger partial charge is 0.0989 e. The highest BCUT2D eigenvalue weighted by atomic mass is 16.7. The fraction of sp³-hybridized carbons (Fsp3) is 0.294. The van der Waals surface area contributed by atoms with Crippen LogP contribution in [0.1, 0.15) is 30.9 Å². The minimum absolute atomic E-state index is 0.121. The van der Waals surface area contributed by atoms with E-state index in [1.165, 1.54) is 18.4 Å². The van der Waals surface area contributed by atoms with Crippen LogP contribution < -0.4 is 5.06 Å². The van der Waals surface area contributed by atoms with Gasteiger partial charge in [0, 0.05) is 6.42 Å². The molecule has 2 aliphatic rings. The Kier molecular flexibility index (Phi) is 2.39. The van der Waals surface area contributed by atoms with Crippen LogP contribution in [0.25, 0.3) is 0 Å². The second-order valence-electron chi connectivity index (χ2n) is 5.57. The summed E-state index contributed by atoms with van der Waals surface area (Å²) in [6.07, 6.45) is 3.49. The van der Waals surface area contributed by atoms with Crippen LogP contribution >= 0.6 is 0 Å². The van der Waals surface area contributed by atoms with E-state index >= 15 is 0 Å². The van der Waals surface area contributed by atoms with Crippen LogP contribution in [0.5, 0.6) is 0 Å². The van der Waals surface area contributed by atoms with Gasteiger partial charge in [-0.1, -0.05) is 48.5 Å². The Labute approximate surface area is 113 Å². The summed E-state index contributed by atoms with van der Waals surface area (Å²) in [4.78, 5) is 6.25. The van der Waals surface area contributed by atoms with Gasteiger partial charge in [-0.2, -0.15) is 0 Å². The third-order valence-corrected chi connectivity index (χ3v) is 4.14. The summed E-state index contributed by atoms with van der Waals surface area (Å²) in [6, 6.07) is 21.4. The van der Waals surface area contributed by atoms with Gasteiger partial charge in [-0.25, -0.2) is 5.06 Å². The number of anilines is 1. The Hall–Kier alpha value is -1.80. The molecule has 1 aliphatic carbocycles. The lowest BCUT2D eigenvalue weighted by atomic mass is 10.0. The third kappa shape index (κ3) is 1.92. The number of rotatable bonds is 2. The van der Waals surface area contributed by atoms with Crippen LogP contribution in [0.2, 0.25) is 0 Å². The van der Waals surface area contributed by atoms with E-state index in [2.05, 4.69) is 59.7 Å². The first-order valence-corrected chi connectivity index (χ1v) is 6.95. The van der Waals surface area contributed by atoms with Crippen LogP contribution in [0.15, 0.2) is 60.7 Å². The van der Waals surface area contributed by atoms with E-state index in [1.807, 2.05) is 6.07 Å². The predicted octanol–water partition coefficient (Wildman–Crippen LogP) is 4.10. The lowest BCUT2D eigenvalue weighted by Crippen LogP contribution is -2.22. The summed E-state index contributed by atoms with van der Waals surface area (Å²) < 4.78 is 0. The summed E-state index contributed by atoms with van der Waals surface area (Å²) in [7, 11) is 0. The first kappa shape index (κ1) is 11.1. The maximum absolute atomic E-state index is 6.25. The molecule has 2 aromatic carbocycles. The van der Waals surface area contributed by atoms with Gasteiger partial charge >= 0.3 is 0 Å². The van der Waals surface area contributed by atoms with E-state index in [4.69, 9.17) is 4.84 Å². The fourth-order valence-electron chi connectivity index (χ4n) is 2.92. The molecule has 1 atom stereocenters. The lowest BCUT2D eigenvalue weighted by molar-refractivity contribution is 0.0650. The molecule has 1 aliphatic heterocycles. The van der Waals surface area contributed by atoms with Crippen molar-refractivity contribution < 1.29 is 4.84 Å². The van der Waals surface area contributed by atoms with Gasteiger partial charge < -0.3 is 0 Å². The molecule has 2 aromatic rings. The van der Waals surface area contributed by atoms with Gasteiger partial charge in [0.1, 0.15) is 0 Å². The summed E-state index contributed by atoms with van der Waals surface area (Å²) in [5.74, 6) is 0. The SMILES string of the molecule is c1ccc(C2CC3(CC3)ON2c2ccccc2)cc1. The van der Waals surface area contributed by atoms with E-state index in [0.717, 1.165) is 12.1 Å². The van der Waals surface area contributed by atoms with Gasteiger partial charge in [0.15, 0.2) is 0 Å². The Bertz CT molecular complexity index is 513. The van der Waals surface area contributed by atoms with Crippen LogP contribution in [-0.2, 0) is 4.84 Å². The second kappa shape index (κ2) is 4.10. The molecule has 1 unspecified atom stereocenters. The lowest BCUT2D eigenvalue weighted by Gasteiger charge is -2.25. The number of benzene rings is 2. The average molecular weight is 251 g/mol. The molecule has 0 N–H and O–H groups in total. The Morgan fingerprint density at radius 3 is 2.16 bits per heavy atom. The van der Waals surface area contributed by atoms with Crippen LogP contribution in [0.3, 0.4) is 0 Å². The molecule has 96 valence electrons. The maximum atomic E-state index is 6.25. The van der Waals surface area contributed by atoms with Crippen molar-refractivity contribution in [2.24, 2.45) is 0 Å². The van der Waals surface area contributed by atoms with Gasteiger partial charge in [0.25, 0.3) is 0 Å². The molecule has 2 fully saturated rings. The number of hydrogen-bond donors (Lipinski definition) is 0. The molecule has 1 saturated carbocycles. The third-order valence-electron chi connectivity index (χ3n) is 4.14. The molecular formula is C17H17NO. The number of hydroxylamine groups is 1. The van der Waals surface area contributed by atoms with Crippen molar-refractivity contribution in [1.29, 1.82) is 0 Å². The molecule has 1 spiro atoms. The number of nitrogens with zero attached hydrogens (tertiary/aromatic N) is 1. The van der Waals surface area contributed by atoms with Crippen molar-refractivity contribution >= 4 is 5.69 Å². The van der Waals surface area contributed by atoms with Crippen molar-refractivity contribution in [3.8, 4) is 0 Å². The maximum Gasteiger partial charge on any atom is 0.0989 e. The summed E-state index contributed by atoms with van der Waals surface area (Å²) in [5, 5.41) is 2.11. The van der Waals surface area contributed by atoms with E-state index < -0.39 is 0 Å². The molecule has 1 saturated heterocycles. The molecule has 1 heterocycles. The first-order chi connectivity index (χ1) is 9.36. The van der Waals surface area contributed by atoms with Crippen molar-refractivity contribution in [3.05, 3.63) is 66.2 Å².